The van der Waals surface area contributed by atoms with Gasteiger partial charge < -0.3 is 20.9 Å². The molecule has 0 aromatic heterocycles. The van der Waals surface area contributed by atoms with Gasteiger partial charge in [-0.15, -0.1) is 0 Å². The van der Waals surface area contributed by atoms with E-state index in [1.165, 1.54) is 4.90 Å². The van der Waals surface area contributed by atoms with Crippen LogP contribution in [0, 0.1) is 0 Å². The minimum atomic E-state index is -0.364. The molecule has 0 bridgehead atoms. The average molecular weight is 374 g/mol. The van der Waals surface area contributed by atoms with Gasteiger partial charge in [0.1, 0.15) is 0 Å². The Balaban J connectivity index is 1.76. The van der Waals surface area contributed by atoms with E-state index >= 15 is 0 Å². The number of hydrogen-bond donors (Lipinski definition) is 3. The lowest BCUT2D eigenvalue weighted by molar-refractivity contribution is -0.124. The SMILES string of the molecule is CN=C(NCCc1cccc(C(=O)N(C)C)c1)NCCN1C(=O)CNC1=O. The van der Waals surface area contributed by atoms with Gasteiger partial charge in [0, 0.05) is 46.3 Å². The zero-order chi connectivity index (χ0) is 19.8. The van der Waals surface area contributed by atoms with E-state index in [9.17, 15) is 14.4 Å². The summed E-state index contributed by atoms with van der Waals surface area (Å²) in [5, 5.41) is 8.73. The molecule has 0 atom stereocenters. The van der Waals surface area contributed by atoms with Crippen molar-refractivity contribution in [3.63, 3.8) is 0 Å². The third kappa shape index (κ3) is 5.70. The van der Waals surface area contributed by atoms with E-state index in [4.69, 9.17) is 0 Å². The Labute approximate surface area is 158 Å². The second-order valence-corrected chi connectivity index (χ2v) is 6.28. The number of carbonyl (C=O) groups excluding carboxylic acids is 3. The molecule has 2 rings (SSSR count). The van der Waals surface area contributed by atoms with Gasteiger partial charge in [0.05, 0.1) is 6.54 Å². The molecule has 3 N–H and O–H groups in total. The highest BCUT2D eigenvalue weighted by Crippen LogP contribution is 2.07. The first-order chi connectivity index (χ1) is 12.9. The second-order valence-electron chi connectivity index (χ2n) is 6.28. The quantitative estimate of drug-likeness (QED) is 0.344. The van der Waals surface area contributed by atoms with E-state index in [0.717, 1.165) is 12.0 Å². The number of nitrogens with one attached hydrogen (secondary N) is 3. The van der Waals surface area contributed by atoms with Gasteiger partial charge in [-0.25, -0.2) is 4.79 Å². The molecule has 146 valence electrons. The number of carbonyl (C=O) groups is 3. The highest BCUT2D eigenvalue weighted by Gasteiger charge is 2.27. The molecule has 0 unspecified atom stereocenters. The number of urea groups is 1. The van der Waals surface area contributed by atoms with Crippen molar-refractivity contribution >= 4 is 23.8 Å². The molecule has 0 spiro atoms. The molecule has 9 nitrogen and oxygen atoms in total. The third-order valence-corrected chi connectivity index (χ3v) is 4.07. The number of aliphatic imine (C=N–C) groups is 1. The standard InChI is InChI=1S/C18H26N6O3/c1-19-17(21-9-10-24-15(25)12-22-18(24)27)20-8-7-13-5-4-6-14(11-13)16(26)23(2)3/h4-6,11H,7-10,12H2,1-3H3,(H,22,27)(H2,19,20,21). The molecule has 1 saturated heterocycles. The molecule has 1 heterocycles. The maximum absolute atomic E-state index is 12.0. The number of nitrogens with zero attached hydrogens (tertiary/aromatic N) is 3. The molecule has 4 amide bonds. The first-order valence-corrected chi connectivity index (χ1v) is 8.75. The van der Waals surface area contributed by atoms with E-state index in [1.54, 1.807) is 32.1 Å². The van der Waals surface area contributed by atoms with Crippen molar-refractivity contribution in [1.82, 2.24) is 25.8 Å². The van der Waals surface area contributed by atoms with Crippen LogP contribution in [0.25, 0.3) is 0 Å². The van der Waals surface area contributed by atoms with Crippen molar-refractivity contribution in [3.8, 4) is 0 Å². The van der Waals surface area contributed by atoms with Crippen molar-refractivity contribution in [2.75, 3.05) is 47.3 Å². The van der Waals surface area contributed by atoms with Crippen molar-refractivity contribution in [2.24, 2.45) is 4.99 Å². The molecular weight excluding hydrogens is 348 g/mol. The van der Waals surface area contributed by atoms with Crippen LogP contribution in [0.3, 0.4) is 0 Å². The molecule has 1 aliphatic heterocycles. The van der Waals surface area contributed by atoms with Crippen molar-refractivity contribution < 1.29 is 14.4 Å². The minimum absolute atomic E-state index is 0.0252. The van der Waals surface area contributed by atoms with E-state index in [-0.39, 0.29) is 30.9 Å². The normalized spacial score (nSPS) is 14.2. The molecule has 1 aromatic carbocycles. The van der Waals surface area contributed by atoms with Gasteiger partial charge >= 0.3 is 6.03 Å². The second kappa shape index (κ2) is 9.56. The molecule has 1 aliphatic rings. The Kier molecular flexibility index (Phi) is 7.16. The lowest BCUT2D eigenvalue weighted by Crippen LogP contribution is -2.43. The molecule has 1 fully saturated rings. The zero-order valence-corrected chi connectivity index (χ0v) is 15.9. The zero-order valence-electron chi connectivity index (χ0n) is 15.9. The van der Waals surface area contributed by atoms with Crippen LogP contribution in [-0.2, 0) is 11.2 Å². The fourth-order valence-electron chi connectivity index (χ4n) is 2.63. The summed E-state index contributed by atoms with van der Waals surface area (Å²) >= 11 is 0. The number of imide groups is 1. The third-order valence-electron chi connectivity index (χ3n) is 4.07. The highest BCUT2D eigenvalue weighted by molar-refractivity contribution is 6.02. The van der Waals surface area contributed by atoms with Crippen LogP contribution < -0.4 is 16.0 Å². The predicted octanol–water partition coefficient (Wildman–Crippen LogP) is -0.352. The number of amides is 4. The summed E-state index contributed by atoms with van der Waals surface area (Å²) in [5.74, 6) is 0.335. The van der Waals surface area contributed by atoms with Crippen LogP contribution in [-0.4, -0.2) is 80.9 Å². The van der Waals surface area contributed by atoms with E-state index in [2.05, 4.69) is 20.9 Å². The molecule has 27 heavy (non-hydrogen) atoms. The van der Waals surface area contributed by atoms with Crippen LogP contribution in [0.1, 0.15) is 15.9 Å². The highest BCUT2D eigenvalue weighted by atomic mass is 16.2. The van der Waals surface area contributed by atoms with Crippen LogP contribution in [0.4, 0.5) is 4.79 Å². The van der Waals surface area contributed by atoms with Gasteiger partial charge in [0.25, 0.3) is 5.91 Å². The number of benzene rings is 1. The Morgan fingerprint density at radius 1 is 1.26 bits per heavy atom. The summed E-state index contributed by atoms with van der Waals surface area (Å²) in [5.41, 5.74) is 1.71. The summed E-state index contributed by atoms with van der Waals surface area (Å²) in [4.78, 5) is 41.9. The molecule has 0 saturated carbocycles. The lowest BCUT2D eigenvalue weighted by atomic mass is 10.1. The first kappa shape index (κ1) is 20.2. The van der Waals surface area contributed by atoms with Gasteiger partial charge in [0.2, 0.25) is 5.91 Å². The smallest absolute Gasteiger partial charge is 0.324 e. The van der Waals surface area contributed by atoms with E-state index in [0.29, 0.717) is 24.6 Å². The molecular formula is C18H26N6O3. The molecule has 9 heteroatoms. The van der Waals surface area contributed by atoms with Crippen LogP contribution in [0.15, 0.2) is 29.3 Å². The molecule has 0 aliphatic carbocycles. The Hall–Kier alpha value is -3.10. The van der Waals surface area contributed by atoms with Crippen molar-refractivity contribution in [3.05, 3.63) is 35.4 Å². The van der Waals surface area contributed by atoms with Gasteiger partial charge in [-0.05, 0) is 24.1 Å². The van der Waals surface area contributed by atoms with Crippen LogP contribution in [0.5, 0.6) is 0 Å². The molecule has 1 aromatic rings. The lowest BCUT2D eigenvalue weighted by Gasteiger charge is -2.15. The summed E-state index contributed by atoms with van der Waals surface area (Å²) < 4.78 is 0. The number of guanidine groups is 1. The Morgan fingerprint density at radius 2 is 2.00 bits per heavy atom. The van der Waals surface area contributed by atoms with Crippen LogP contribution in [0.2, 0.25) is 0 Å². The summed E-state index contributed by atoms with van der Waals surface area (Å²) in [6.45, 7) is 1.37. The predicted molar refractivity (Wildman–Crippen MR) is 103 cm³/mol. The van der Waals surface area contributed by atoms with Gasteiger partial charge in [0.15, 0.2) is 5.96 Å². The van der Waals surface area contributed by atoms with Crippen molar-refractivity contribution in [1.29, 1.82) is 0 Å². The van der Waals surface area contributed by atoms with Crippen molar-refractivity contribution in [2.45, 2.75) is 6.42 Å². The molecule has 0 radical (unpaired) electrons. The van der Waals surface area contributed by atoms with Gasteiger partial charge in [-0.1, -0.05) is 12.1 Å². The number of rotatable bonds is 7. The first-order valence-electron chi connectivity index (χ1n) is 8.75. The van der Waals surface area contributed by atoms with Gasteiger partial charge in [-0.2, -0.15) is 0 Å². The fraction of sp³-hybridized carbons (Fsp3) is 0.444. The summed E-state index contributed by atoms with van der Waals surface area (Å²) in [6.07, 6.45) is 0.724. The summed E-state index contributed by atoms with van der Waals surface area (Å²) in [6, 6.07) is 7.17. The number of hydrogen-bond acceptors (Lipinski definition) is 4. The monoisotopic (exact) mass is 374 g/mol. The van der Waals surface area contributed by atoms with Crippen LogP contribution >= 0.6 is 0 Å². The maximum atomic E-state index is 12.0. The maximum Gasteiger partial charge on any atom is 0.324 e. The fourth-order valence-corrected chi connectivity index (χ4v) is 2.63. The Morgan fingerprint density at radius 3 is 2.63 bits per heavy atom. The van der Waals surface area contributed by atoms with Gasteiger partial charge in [-0.3, -0.25) is 19.5 Å². The summed E-state index contributed by atoms with van der Waals surface area (Å²) in [7, 11) is 5.11. The largest absolute Gasteiger partial charge is 0.356 e. The van der Waals surface area contributed by atoms with E-state index < -0.39 is 0 Å². The van der Waals surface area contributed by atoms with E-state index in [1.807, 2.05) is 18.2 Å². The topological polar surface area (TPSA) is 106 Å². The Bertz CT molecular complexity index is 716. The minimum Gasteiger partial charge on any atom is -0.356 e. The average Bonchev–Trinajstić information content (AvgIpc) is 2.98.